The Morgan fingerprint density at radius 3 is 2.21 bits per heavy atom. The molecule has 0 amide bonds. The zero-order valence-corrected chi connectivity index (χ0v) is 13.4. The average molecular weight is 266 g/mol. The molecule has 1 aliphatic rings. The molecule has 2 heterocycles. The normalized spacial score (nSPS) is 14.2. The third-order valence-electron chi connectivity index (χ3n) is 2.71. The van der Waals surface area contributed by atoms with Gasteiger partial charge in [0.15, 0.2) is 0 Å². The standard InChI is InChI=1S/C12H18N2O.2C2H6/c1-10(2)12-11(4-3-5-13-12)14-6-8-15-9-7-14;2*1-2/h3-5,10H,6-9H2,1-2H3;2*1-2H3. The molecule has 0 radical (unpaired) electrons. The first-order valence-corrected chi connectivity index (χ1v) is 7.56. The molecule has 0 aliphatic carbocycles. The second-order valence-corrected chi connectivity index (χ2v) is 4.16. The van der Waals surface area contributed by atoms with Crippen LogP contribution >= 0.6 is 0 Å². The molecule has 110 valence electrons. The SMILES string of the molecule is CC.CC.CC(C)c1ncccc1N1CCOCC1. The van der Waals surface area contributed by atoms with Crippen LogP contribution in [0.4, 0.5) is 5.69 Å². The van der Waals surface area contributed by atoms with Gasteiger partial charge in [0.25, 0.3) is 0 Å². The summed E-state index contributed by atoms with van der Waals surface area (Å²) in [7, 11) is 0. The van der Waals surface area contributed by atoms with E-state index in [1.165, 1.54) is 11.4 Å². The largest absolute Gasteiger partial charge is 0.378 e. The summed E-state index contributed by atoms with van der Waals surface area (Å²) in [5, 5.41) is 0. The first kappa shape index (κ1) is 17.9. The second-order valence-electron chi connectivity index (χ2n) is 4.16. The highest BCUT2D eigenvalue weighted by molar-refractivity contribution is 5.51. The summed E-state index contributed by atoms with van der Waals surface area (Å²) in [5.41, 5.74) is 2.47. The number of ether oxygens (including phenoxy) is 1. The quantitative estimate of drug-likeness (QED) is 0.806. The molecule has 0 saturated carbocycles. The van der Waals surface area contributed by atoms with Gasteiger partial charge in [0, 0.05) is 19.3 Å². The Balaban J connectivity index is 0.000000741. The fourth-order valence-electron chi connectivity index (χ4n) is 1.93. The number of anilines is 1. The van der Waals surface area contributed by atoms with Gasteiger partial charge in [-0.1, -0.05) is 41.5 Å². The van der Waals surface area contributed by atoms with E-state index in [1.54, 1.807) is 0 Å². The van der Waals surface area contributed by atoms with Crippen molar-refractivity contribution >= 4 is 5.69 Å². The lowest BCUT2D eigenvalue weighted by atomic mass is 10.1. The number of aromatic nitrogens is 1. The van der Waals surface area contributed by atoms with Crippen LogP contribution in [0, 0.1) is 0 Å². The minimum atomic E-state index is 0.476. The molecule has 0 spiro atoms. The Labute approximate surface area is 119 Å². The first-order valence-electron chi connectivity index (χ1n) is 7.56. The zero-order valence-electron chi connectivity index (χ0n) is 13.4. The Hall–Kier alpha value is -1.09. The highest BCUT2D eigenvalue weighted by atomic mass is 16.5. The van der Waals surface area contributed by atoms with Crippen LogP contribution < -0.4 is 4.90 Å². The Kier molecular flexibility index (Phi) is 10.2. The molecule has 1 aromatic heterocycles. The van der Waals surface area contributed by atoms with Crippen LogP contribution in [0.2, 0.25) is 0 Å². The molecular weight excluding hydrogens is 236 g/mol. The van der Waals surface area contributed by atoms with Gasteiger partial charge in [0.05, 0.1) is 24.6 Å². The molecule has 0 N–H and O–H groups in total. The van der Waals surface area contributed by atoms with Crippen LogP contribution in [0.1, 0.15) is 53.2 Å². The maximum Gasteiger partial charge on any atom is 0.0662 e. The summed E-state index contributed by atoms with van der Waals surface area (Å²) in [6.07, 6.45) is 1.87. The van der Waals surface area contributed by atoms with Crippen molar-refractivity contribution in [3.05, 3.63) is 24.0 Å². The Morgan fingerprint density at radius 2 is 1.68 bits per heavy atom. The van der Waals surface area contributed by atoms with Gasteiger partial charge in [-0.3, -0.25) is 4.98 Å². The van der Waals surface area contributed by atoms with Crippen molar-refractivity contribution in [3.8, 4) is 0 Å². The summed E-state index contributed by atoms with van der Waals surface area (Å²) >= 11 is 0. The molecule has 0 atom stereocenters. The van der Waals surface area contributed by atoms with Crippen LogP contribution in [0.15, 0.2) is 18.3 Å². The van der Waals surface area contributed by atoms with Crippen molar-refractivity contribution in [1.29, 1.82) is 0 Å². The lowest BCUT2D eigenvalue weighted by Gasteiger charge is -2.30. The molecule has 1 aliphatic heterocycles. The minimum Gasteiger partial charge on any atom is -0.378 e. The van der Waals surface area contributed by atoms with E-state index in [4.69, 9.17) is 4.74 Å². The lowest BCUT2D eigenvalue weighted by Crippen LogP contribution is -2.37. The third kappa shape index (κ3) is 5.60. The highest BCUT2D eigenvalue weighted by Crippen LogP contribution is 2.25. The van der Waals surface area contributed by atoms with E-state index in [-0.39, 0.29) is 0 Å². The molecule has 3 heteroatoms. The van der Waals surface area contributed by atoms with Crippen molar-refractivity contribution in [3.63, 3.8) is 0 Å². The van der Waals surface area contributed by atoms with Gasteiger partial charge in [-0.15, -0.1) is 0 Å². The van der Waals surface area contributed by atoms with E-state index in [2.05, 4.69) is 29.8 Å². The molecule has 19 heavy (non-hydrogen) atoms. The average Bonchev–Trinajstić information content (AvgIpc) is 2.52. The van der Waals surface area contributed by atoms with E-state index in [9.17, 15) is 0 Å². The number of morpholine rings is 1. The number of nitrogens with zero attached hydrogens (tertiary/aromatic N) is 2. The Morgan fingerprint density at radius 1 is 1.11 bits per heavy atom. The van der Waals surface area contributed by atoms with Gasteiger partial charge in [-0.2, -0.15) is 0 Å². The number of pyridine rings is 1. The monoisotopic (exact) mass is 266 g/mol. The molecular formula is C16H30N2O. The molecule has 0 unspecified atom stereocenters. The zero-order chi connectivity index (χ0) is 14.7. The van der Waals surface area contributed by atoms with Gasteiger partial charge < -0.3 is 9.64 Å². The molecule has 1 aromatic rings. The van der Waals surface area contributed by atoms with Crippen LogP contribution in [-0.4, -0.2) is 31.3 Å². The van der Waals surface area contributed by atoms with E-state index in [0.717, 1.165) is 26.3 Å². The molecule has 1 saturated heterocycles. The van der Waals surface area contributed by atoms with E-state index >= 15 is 0 Å². The minimum absolute atomic E-state index is 0.476. The lowest BCUT2D eigenvalue weighted by molar-refractivity contribution is 0.122. The van der Waals surface area contributed by atoms with Crippen LogP contribution in [0.25, 0.3) is 0 Å². The van der Waals surface area contributed by atoms with Crippen LogP contribution in [-0.2, 0) is 4.74 Å². The number of rotatable bonds is 2. The fraction of sp³-hybridized carbons (Fsp3) is 0.688. The van der Waals surface area contributed by atoms with Gasteiger partial charge in [0.1, 0.15) is 0 Å². The summed E-state index contributed by atoms with van der Waals surface area (Å²) in [4.78, 5) is 6.84. The molecule has 3 nitrogen and oxygen atoms in total. The highest BCUT2D eigenvalue weighted by Gasteiger charge is 2.16. The van der Waals surface area contributed by atoms with Crippen LogP contribution in [0.5, 0.6) is 0 Å². The van der Waals surface area contributed by atoms with Crippen molar-refractivity contribution < 1.29 is 4.74 Å². The van der Waals surface area contributed by atoms with E-state index in [1.807, 2.05) is 40.0 Å². The third-order valence-corrected chi connectivity index (χ3v) is 2.71. The first-order chi connectivity index (χ1) is 9.29. The molecule has 2 rings (SSSR count). The summed E-state index contributed by atoms with van der Waals surface area (Å²) in [6.45, 7) is 16.0. The molecule has 1 fully saturated rings. The van der Waals surface area contributed by atoms with E-state index < -0.39 is 0 Å². The van der Waals surface area contributed by atoms with Crippen molar-refractivity contribution in [2.45, 2.75) is 47.5 Å². The Bertz CT molecular complexity index is 320. The summed E-state index contributed by atoms with van der Waals surface area (Å²) in [5.74, 6) is 0.476. The predicted molar refractivity (Wildman–Crippen MR) is 84.1 cm³/mol. The second kappa shape index (κ2) is 10.8. The molecule has 0 aromatic carbocycles. The topological polar surface area (TPSA) is 25.4 Å². The maximum atomic E-state index is 5.36. The fourth-order valence-corrected chi connectivity index (χ4v) is 1.93. The van der Waals surface area contributed by atoms with Gasteiger partial charge >= 0.3 is 0 Å². The predicted octanol–water partition coefficient (Wildman–Crippen LogP) is 4.09. The van der Waals surface area contributed by atoms with Gasteiger partial charge in [0.2, 0.25) is 0 Å². The number of hydrogen-bond donors (Lipinski definition) is 0. The van der Waals surface area contributed by atoms with Gasteiger partial charge in [-0.05, 0) is 18.1 Å². The smallest absolute Gasteiger partial charge is 0.0662 e. The maximum absolute atomic E-state index is 5.36. The van der Waals surface area contributed by atoms with Crippen LogP contribution in [0.3, 0.4) is 0 Å². The summed E-state index contributed by atoms with van der Waals surface area (Å²) in [6, 6.07) is 4.17. The van der Waals surface area contributed by atoms with Crippen molar-refractivity contribution in [2.75, 3.05) is 31.2 Å². The van der Waals surface area contributed by atoms with Crippen molar-refractivity contribution in [1.82, 2.24) is 4.98 Å². The van der Waals surface area contributed by atoms with Crippen molar-refractivity contribution in [2.24, 2.45) is 0 Å². The molecule has 0 bridgehead atoms. The number of hydrogen-bond acceptors (Lipinski definition) is 3. The van der Waals surface area contributed by atoms with E-state index in [0.29, 0.717) is 5.92 Å². The van der Waals surface area contributed by atoms with Gasteiger partial charge in [-0.25, -0.2) is 0 Å². The summed E-state index contributed by atoms with van der Waals surface area (Å²) < 4.78 is 5.36.